The molecule has 1 rings (SSSR count). The first-order valence-corrected chi connectivity index (χ1v) is 7.39. The smallest absolute Gasteiger partial charge is 0.338 e. The van der Waals surface area contributed by atoms with Crippen molar-refractivity contribution in [3.05, 3.63) is 29.3 Å². The van der Waals surface area contributed by atoms with Gasteiger partial charge < -0.3 is 4.74 Å². The van der Waals surface area contributed by atoms with Gasteiger partial charge in [-0.1, -0.05) is 13.0 Å². The monoisotopic (exact) mass is 276 g/mol. The summed E-state index contributed by atoms with van der Waals surface area (Å²) < 4.78 is 27.2. The molecule has 0 unspecified atom stereocenters. The van der Waals surface area contributed by atoms with Crippen molar-refractivity contribution in [3.8, 4) is 0 Å². The zero-order chi connectivity index (χ0) is 13.1. The number of esters is 1. The van der Waals surface area contributed by atoms with Crippen LogP contribution in [0.25, 0.3) is 0 Å². The molecule has 0 saturated carbocycles. The zero-order valence-corrected chi connectivity index (χ0v) is 11.1. The Hall–Kier alpha value is -1.07. The molecule has 0 saturated heterocycles. The lowest BCUT2D eigenvalue weighted by molar-refractivity contribution is 0.0504. The predicted octanol–water partition coefficient (Wildman–Crippen LogP) is 2.49. The standard InChI is InChI=1S/C11H13ClO4S/c1-3-6-16-11(13)10-7-9(17(12,14)15)5-4-8(10)2/h4-5,7H,3,6H2,1-2H3. The second kappa shape index (κ2) is 5.51. The summed E-state index contributed by atoms with van der Waals surface area (Å²) in [6.07, 6.45) is 0.707. The minimum absolute atomic E-state index is 0.104. The van der Waals surface area contributed by atoms with Crippen molar-refractivity contribution in [1.82, 2.24) is 0 Å². The molecule has 1 aromatic rings. The fraction of sp³-hybridized carbons (Fsp3) is 0.364. The average Bonchev–Trinajstić information content (AvgIpc) is 2.24. The normalized spacial score (nSPS) is 11.2. The van der Waals surface area contributed by atoms with Gasteiger partial charge in [0, 0.05) is 10.7 Å². The predicted molar refractivity (Wildman–Crippen MR) is 64.8 cm³/mol. The summed E-state index contributed by atoms with van der Waals surface area (Å²) in [4.78, 5) is 11.5. The topological polar surface area (TPSA) is 60.4 Å². The molecule has 1 aromatic carbocycles. The lowest BCUT2D eigenvalue weighted by atomic mass is 10.1. The van der Waals surface area contributed by atoms with Crippen LogP contribution in [0.4, 0.5) is 0 Å². The molecule has 4 nitrogen and oxygen atoms in total. The Bertz CT molecular complexity index is 522. The highest BCUT2D eigenvalue weighted by molar-refractivity contribution is 8.13. The molecule has 0 aliphatic rings. The van der Waals surface area contributed by atoms with Gasteiger partial charge in [-0.2, -0.15) is 0 Å². The van der Waals surface area contributed by atoms with Crippen LogP contribution in [-0.2, 0) is 13.8 Å². The van der Waals surface area contributed by atoms with Gasteiger partial charge in [-0.3, -0.25) is 0 Å². The van der Waals surface area contributed by atoms with Gasteiger partial charge in [0.05, 0.1) is 17.1 Å². The van der Waals surface area contributed by atoms with E-state index in [2.05, 4.69) is 0 Å². The molecule has 0 N–H and O–H groups in total. The summed E-state index contributed by atoms with van der Waals surface area (Å²) in [6, 6.07) is 4.11. The first-order valence-electron chi connectivity index (χ1n) is 5.08. The van der Waals surface area contributed by atoms with Crippen molar-refractivity contribution in [2.75, 3.05) is 6.61 Å². The van der Waals surface area contributed by atoms with Gasteiger partial charge in [0.1, 0.15) is 0 Å². The maximum atomic E-state index is 11.6. The molecule has 0 amide bonds. The maximum absolute atomic E-state index is 11.6. The highest BCUT2D eigenvalue weighted by Gasteiger charge is 2.16. The fourth-order valence-electron chi connectivity index (χ4n) is 1.25. The van der Waals surface area contributed by atoms with E-state index in [0.29, 0.717) is 18.6 Å². The van der Waals surface area contributed by atoms with E-state index in [0.717, 1.165) is 0 Å². The summed E-state index contributed by atoms with van der Waals surface area (Å²) in [5.41, 5.74) is 0.871. The van der Waals surface area contributed by atoms with Crippen molar-refractivity contribution in [1.29, 1.82) is 0 Å². The number of hydrogen-bond acceptors (Lipinski definition) is 4. The molecule has 0 aliphatic carbocycles. The van der Waals surface area contributed by atoms with Gasteiger partial charge in [-0.05, 0) is 31.0 Å². The van der Waals surface area contributed by atoms with Crippen LogP contribution in [-0.4, -0.2) is 21.0 Å². The largest absolute Gasteiger partial charge is 0.462 e. The van der Waals surface area contributed by atoms with E-state index >= 15 is 0 Å². The Balaban J connectivity index is 3.11. The maximum Gasteiger partial charge on any atom is 0.338 e. The quantitative estimate of drug-likeness (QED) is 0.626. The number of hydrogen-bond donors (Lipinski definition) is 0. The summed E-state index contributed by atoms with van der Waals surface area (Å²) in [5.74, 6) is -0.536. The van der Waals surface area contributed by atoms with Crippen LogP contribution in [0, 0.1) is 6.92 Å². The van der Waals surface area contributed by atoms with E-state index in [4.69, 9.17) is 15.4 Å². The molecule has 0 aromatic heterocycles. The Morgan fingerprint density at radius 3 is 2.59 bits per heavy atom. The van der Waals surface area contributed by atoms with Crippen LogP contribution in [0.3, 0.4) is 0 Å². The number of carbonyl (C=O) groups excluding carboxylic acids is 1. The highest BCUT2D eigenvalue weighted by atomic mass is 35.7. The van der Waals surface area contributed by atoms with Crippen molar-refractivity contribution in [2.24, 2.45) is 0 Å². The molecular formula is C11H13ClO4S. The fourth-order valence-corrected chi connectivity index (χ4v) is 2.02. The minimum Gasteiger partial charge on any atom is -0.462 e. The number of rotatable bonds is 4. The SMILES string of the molecule is CCCOC(=O)c1cc(S(=O)(=O)Cl)ccc1C. The molecule has 0 fully saturated rings. The molecule has 0 bridgehead atoms. The Kier molecular flexibility index (Phi) is 4.54. The number of aryl methyl sites for hydroxylation is 1. The number of halogens is 1. The second-order valence-electron chi connectivity index (χ2n) is 3.55. The van der Waals surface area contributed by atoms with Gasteiger partial charge >= 0.3 is 5.97 Å². The average molecular weight is 277 g/mol. The first-order chi connectivity index (χ1) is 7.86. The van der Waals surface area contributed by atoms with Gasteiger partial charge in [0.2, 0.25) is 0 Å². The van der Waals surface area contributed by atoms with Crippen LogP contribution in [0.2, 0.25) is 0 Å². The molecule has 17 heavy (non-hydrogen) atoms. The number of carbonyl (C=O) groups is 1. The van der Waals surface area contributed by atoms with Crippen molar-refractivity contribution < 1.29 is 17.9 Å². The number of ether oxygens (including phenoxy) is 1. The summed E-state index contributed by atoms with van der Waals surface area (Å²) in [6.45, 7) is 3.88. The summed E-state index contributed by atoms with van der Waals surface area (Å²) in [7, 11) is 1.38. The van der Waals surface area contributed by atoms with Gasteiger partial charge in [0.25, 0.3) is 9.05 Å². The van der Waals surface area contributed by atoms with Crippen LogP contribution in [0.5, 0.6) is 0 Å². The van der Waals surface area contributed by atoms with E-state index in [1.807, 2.05) is 6.92 Å². The molecular weight excluding hydrogens is 264 g/mol. The lowest BCUT2D eigenvalue weighted by Crippen LogP contribution is -2.08. The van der Waals surface area contributed by atoms with Gasteiger partial charge in [-0.25, -0.2) is 13.2 Å². The third-order valence-electron chi connectivity index (χ3n) is 2.15. The van der Waals surface area contributed by atoms with E-state index < -0.39 is 15.0 Å². The van der Waals surface area contributed by atoms with Gasteiger partial charge in [-0.15, -0.1) is 0 Å². The molecule has 0 spiro atoms. The Morgan fingerprint density at radius 1 is 1.41 bits per heavy atom. The summed E-state index contributed by atoms with van der Waals surface area (Å²) in [5, 5.41) is 0. The summed E-state index contributed by atoms with van der Waals surface area (Å²) >= 11 is 0. The van der Waals surface area contributed by atoms with Gasteiger partial charge in [0.15, 0.2) is 0 Å². The molecule has 94 valence electrons. The Labute approximate surface area is 105 Å². The van der Waals surface area contributed by atoms with Crippen molar-refractivity contribution >= 4 is 25.7 Å². The molecule has 0 atom stereocenters. The van der Waals surface area contributed by atoms with Crippen LogP contribution >= 0.6 is 10.7 Å². The van der Waals surface area contributed by atoms with Crippen molar-refractivity contribution in [3.63, 3.8) is 0 Å². The first kappa shape index (κ1) is 14.0. The number of benzene rings is 1. The minimum atomic E-state index is -3.83. The van der Waals surface area contributed by atoms with E-state index in [9.17, 15) is 13.2 Å². The Morgan fingerprint density at radius 2 is 2.06 bits per heavy atom. The van der Waals surface area contributed by atoms with Crippen LogP contribution in [0.1, 0.15) is 29.3 Å². The lowest BCUT2D eigenvalue weighted by Gasteiger charge is -2.07. The molecule has 0 heterocycles. The molecule has 6 heteroatoms. The van der Waals surface area contributed by atoms with Crippen molar-refractivity contribution in [2.45, 2.75) is 25.2 Å². The van der Waals surface area contributed by atoms with E-state index in [1.54, 1.807) is 6.92 Å². The highest BCUT2D eigenvalue weighted by Crippen LogP contribution is 2.19. The molecule has 0 radical (unpaired) electrons. The second-order valence-corrected chi connectivity index (χ2v) is 6.12. The molecule has 0 aliphatic heterocycles. The van der Waals surface area contributed by atoms with E-state index in [1.165, 1.54) is 18.2 Å². The third-order valence-corrected chi connectivity index (χ3v) is 3.50. The third kappa shape index (κ3) is 3.71. The van der Waals surface area contributed by atoms with Crippen LogP contribution < -0.4 is 0 Å². The van der Waals surface area contributed by atoms with E-state index in [-0.39, 0.29) is 10.5 Å². The van der Waals surface area contributed by atoms with Crippen LogP contribution in [0.15, 0.2) is 23.1 Å². The zero-order valence-electron chi connectivity index (χ0n) is 9.57.